The van der Waals surface area contributed by atoms with Crippen LogP contribution in [0.2, 0.25) is 0 Å². The molecule has 0 saturated heterocycles. The van der Waals surface area contributed by atoms with Gasteiger partial charge in [-0.2, -0.15) is 0 Å². The van der Waals surface area contributed by atoms with Crippen molar-refractivity contribution >= 4 is 82.5 Å². The van der Waals surface area contributed by atoms with Gasteiger partial charge in [0.15, 0.2) is 0 Å². The van der Waals surface area contributed by atoms with E-state index in [-0.39, 0.29) is 10.7 Å². The summed E-state index contributed by atoms with van der Waals surface area (Å²) >= 11 is 3.87. The van der Waals surface area contributed by atoms with E-state index in [0.717, 1.165) is 22.7 Å². The number of hydrogen-bond donors (Lipinski definition) is 0. The van der Waals surface area contributed by atoms with Gasteiger partial charge in [0.05, 0.1) is 0 Å². The Hall–Kier alpha value is -5.55. The summed E-state index contributed by atoms with van der Waals surface area (Å²) in [5.74, 6) is 0.244. The Bertz CT molecular complexity index is 2600. The van der Waals surface area contributed by atoms with E-state index in [4.69, 9.17) is 0 Å². The zero-order valence-electron chi connectivity index (χ0n) is 28.1. The van der Waals surface area contributed by atoms with Crippen LogP contribution in [0.25, 0.3) is 30.9 Å². The summed E-state index contributed by atoms with van der Waals surface area (Å²) in [7, 11) is 0. The van der Waals surface area contributed by atoms with E-state index in [1.807, 2.05) is 23.1 Å². The molecule has 0 spiro atoms. The number of anilines is 5. The molecule has 2 atom stereocenters. The minimum Gasteiger partial charge on any atom is -0.311 e. The highest BCUT2D eigenvalue weighted by Gasteiger charge is 2.43. The number of thiophene rings is 1. The number of hydrogen-bond acceptors (Lipinski definition) is 4. The number of fused-ring (bicyclic) bond motifs is 8. The highest BCUT2D eigenvalue weighted by molar-refractivity contribution is 8.01. The Kier molecular flexibility index (Phi) is 7.16. The fourth-order valence-corrected chi connectivity index (χ4v) is 10.5. The summed E-state index contributed by atoms with van der Waals surface area (Å²) in [5.41, 5.74) is 8.37. The van der Waals surface area contributed by atoms with Gasteiger partial charge in [0.25, 0.3) is 0 Å². The molecule has 0 N–H and O–H groups in total. The predicted molar refractivity (Wildman–Crippen MR) is 221 cm³/mol. The van der Waals surface area contributed by atoms with Crippen LogP contribution in [0.4, 0.5) is 28.4 Å². The first-order valence-electron chi connectivity index (χ1n) is 17.5. The standard InChI is InChI=1S/C47H34N2S2/c1-47-28-27-38(48(33-13-5-2-6-14-33)34-15-7-3-8-16-34)30-43(47)41-26-24-37(31-45(41)51-47)49(35-17-9-4-10-18-35)36-23-21-32-22-25-40-39-19-11-12-20-44(39)50-46(40)42(32)29-36/h2-31,43H,1H3. The molecule has 2 heterocycles. The lowest BCUT2D eigenvalue weighted by Gasteiger charge is -2.34. The molecule has 8 aromatic rings. The van der Waals surface area contributed by atoms with Crippen LogP contribution < -0.4 is 9.80 Å². The lowest BCUT2D eigenvalue weighted by molar-refractivity contribution is 0.694. The number of benzene rings is 7. The van der Waals surface area contributed by atoms with Crippen molar-refractivity contribution in [1.82, 2.24) is 0 Å². The molecule has 0 fully saturated rings. The summed E-state index contributed by atoms with van der Waals surface area (Å²) < 4.78 is 2.61. The maximum absolute atomic E-state index is 2.48. The van der Waals surface area contributed by atoms with Crippen LogP contribution in [0.5, 0.6) is 0 Å². The van der Waals surface area contributed by atoms with Gasteiger partial charge >= 0.3 is 0 Å². The lowest BCUT2D eigenvalue weighted by atomic mass is 9.82. The molecule has 10 rings (SSSR count). The molecule has 1 aliphatic carbocycles. The second-order valence-electron chi connectivity index (χ2n) is 13.5. The van der Waals surface area contributed by atoms with Crippen molar-refractivity contribution in [3.8, 4) is 0 Å². The minimum absolute atomic E-state index is 0.0726. The van der Waals surface area contributed by atoms with E-state index < -0.39 is 0 Å². The van der Waals surface area contributed by atoms with Crippen molar-refractivity contribution in [2.45, 2.75) is 22.5 Å². The summed E-state index contributed by atoms with van der Waals surface area (Å²) in [6.45, 7) is 2.38. The third-order valence-electron chi connectivity index (χ3n) is 10.4. The third-order valence-corrected chi connectivity index (χ3v) is 13.0. The normalized spacial score (nSPS) is 17.7. The van der Waals surface area contributed by atoms with Gasteiger partial charge in [-0.3, -0.25) is 0 Å². The average molecular weight is 691 g/mol. The highest BCUT2D eigenvalue weighted by Crippen LogP contribution is 2.58. The van der Waals surface area contributed by atoms with Crippen molar-refractivity contribution in [2.75, 3.05) is 9.80 Å². The number of allylic oxidation sites excluding steroid dienone is 2. The minimum atomic E-state index is -0.0726. The fraction of sp³-hybridized carbons (Fsp3) is 0.0638. The number of para-hydroxylation sites is 3. The van der Waals surface area contributed by atoms with Gasteiger partial charge in [0.1, 0.15) is 0 Å². The van der Waals surface area contributed by atoms with Gasteiger partial charge in [-0.25, -0.2) is 0 Å². The fourth-order valence-electron chi connectivity index (χ4n) is 7.89. The van der Waals surface area contributed by atoms with E-state index in [2.05, 4.69) is 199 Å². The van der Waals surface area contributed by atoms with Gasteiger partial charge in [-0.05, 0) is 90.7 Å². The second kappa shape index (κ2) is 12.1. The molecule has 0 radical (unpaired) electrons. The van der Waals surface area contributed by atoms with Crippen LogP contribution in [-0.2, 0) is 0 Å². The highest BCUT2D eigenvalue weighted by atomic mass is 32.2. The van der Waals surface area contributed by atoms with E-state index in [1.54, 1.807) is 0 Å². The second-order valence-corrected chi connectivity index (χ2v) is 16.1. The van der Waals surface area contributed by atoms with Crippen LogP contribution >= 0.6 is 23.1 Å². The van der Waals surface area contributed by atoms with Gasteiger partial charge in [0, 0.05) is 75.3 Å². The maximum atomic E-state index is 2.48. The number of thioether (sulfide) groups is 1. The molecule has 4 heteroatoms. The molecule has 0 bridgehead atoms. The summed E-state index contributed by atoms with van der Waals surface area (Å²) in [5, 5.41) is 5.22. The molecule has 0 amide bonds. The predicted octanol–water partition coefficient (Wildman–Crippen LogP) is 13.9. The quantitative estimate of drug-likeness (QED) is 0.171. The first-order chi connectivity index (χ1) is 25.1. The lowest BCUT2D eigenvalue weighted by Crippen LogP contribution is -2.27. The molecule has 1 aliphatic heterocycles. The monoisotopic (exact) mass is 690 g/mol. The Morgan fingerprint density at radius 1 is 0.529 bits per heavy atom. The Morgan fingerprint density at radius 3 is 1.86 bits per heavy atom. The van der Waals surface area contributed by atoms with Crippen LogP contribution in [-0.4, -0.2) is 4.75 Å². The van der Waals surface area contributed by atoms with Gasteiger partial charge in [-0.15, -0.1) is 23.1 Å². The van der Waals surface area contributed by atoms with E-state index in [9.17, 15) is 0 Å². The average Bonchev–Trinajstić information content (AvgIpc) is 3.71. The Balaban J connectivity index is 1.08. The topological polar surface area (TPSA) is 6.48 Å². The van der Waals surface area contributed by atoms with Crippen molar-refractivity contribution in [3.63, 3.8) is 0 Å². The summed E-state index contributed by atoms with van der Waals surface area (Å²) in [4.78, 5) is 6.12. The van der Waals surface area contributed by atoms with Gasteiger partial charge in [-0.1, -0.05) is 109 Å². The van der Waals surface area contributed by atoms with Crippen molar-refractivity contribution in [2.24, 2.45) is 0 Å². The summed E-state index contributed by atoms with van der Waals surface area (Å²) in [6, 6.07) is 59.5. The van der Waals surface area contributed by atoms with E-state index >= 15 is 0 Å². The van der Waals surface area contributed by atoms with E-state index in [1.165, 1.54) is 52.8 Å². The van der Waals surface area contributed by atoms with E-state index in [0.29, 0.717) is 0 Å². The van der Waals surface area contributed by atoms with Crippen LogP contribution in [0.3, 0.4) is 0 Å². The van der Waals surface area contributed by atoms with Crippen LogP contribution in [0, 0.1) is 0 Å². The molecule has 244 valence electrons. The zero-order chi connectivity index (χ0) is 33.9. The maximum Gasteiger partial charge on any atom is 0.0472 e. The molecule has 0 saturated carbocycles. The first-order valence-corrected chi connectivity index (χ1v) is 19.1. The van der Waals surface area contributed by atoms with Crippen LogP contribution in [0.1, 0.15) is 18.4 Å². The molecule has 51 heavy (non-hydrogen) atoms. The molecule has 7 aromatic carbocycles. The molecular formula is C47H34N2S2. The van der Waals surface area contributed by atoms with Crippen LogP contribution in [0.15, 0.2) is 193 Å². The molecule has 2 unspecified atom stereocenters. The van der Waals surface area contributed by atoms with Crippen molar-refractivity contribution < 1.29 is 0 Å². The third kappa shape index (κ3) is 5.09. The Morgan fingerprint density at radius 2 is 1.14 bits per heavy atom. The zero-order valence-corrected chi connectivity index (χ0v) is 29.7. The number of rotatable bonds is 6. The smallest absolute Gasteiger partial charge is 0.0472 e. The molecular weight excluding hydrogens is 657 g/mol. The Labute approximate surface area is 306 Å². The first kappa shape index (κ1) is 30.3. The SMILES string of the molecule is CC12C=CC(N(c3ccccc3)c3ccccc3)=CC1c1ccc(N(c3ccccc3)c3ccc4ccc5c6ccccc6sc5c4c3)cc1S2. The summed E-state index contributed by atoms with van der Waals surface area (Å²) in [6.07, 6.45) is 7.22. The van der Waals surface area contributed by atoms with Crippen molar-refractivity contribution in [1.29, 1.82) is 0 Å². The molecule has 2 aliphatic rings. The van der Waals surface area contributed by atoms with Crippen molar-refractivity contribution in [3.05, 3.63) is 193 Å². The van der Waals surface area contributed by atoms with Gasteiger partial charge in [0.2, 0.25) is 0 Å². The van der Waals surface area contributed by atoms with Gasteiger partial charge < -0.3 is 9.80 Å². The molecule has 2 nitrogen and oxygen atoms in total. The number of nitrogens with zero attached hydrogens (tertiary/aromatic N) is 2. The largest absolute Gasteiger partial charge is 0.311 e. The molecule has 1 aromatic heterocycles.